The lowest BCUT2D eigenvalue weighted by Gasteiger charge is -2.12. The minimum Gasteiger partial charge on any atom is -0.342 e. The summed E-state index contributed by atoms with van der Waals surface area (Å²) in [4.78, 5) is 44.2. The van der Waals surface area contributed by atoms with Gasteiger partial charge in [0.25, 0.3) is 11.8 Å². The van der Waals surface area contributed by atoms with Gasteiger partial charge in [0.15, 0.2) is 0 Å². The number of thiazole rings is 1. The number of amides is 2. The van der Waals surface area contributed by atoms with Crippen LogP contribution in [-0.2, 0) is 12.4 Å². The molecule has 0 aliphatic carbocycles. The minimum atomic E-state index is -4.75. The Balaban J connectivity index is 1.38. The maximum Gasteiger partial charge on any atom is 0.433 e. The molecule has 0 saturated heterocycles. The first-order chi connectivity index (χ1) is 19.2. The third-order valence-corrected chi connectivity index (χ3v) is 6.57. The van der Waals surface area contributed by atoms with Gasteiger partial charge in [0, 0.05) is 12.3 Å². The molecule has 0 bridgehead atoms. The minimum absolute atomic E-state index is 0.0325. The van der Waals surface area contributed by atoms with Gasteiger partial charge in [0.05, 0.1) is 34.7 Å². The number of carbonyl (C=O) groups is 2. The van der Waals surface area contributed by atoms with Crippen molar-refractivity contribution in [2.24, 2.45) is 0 Å². The molecule has 4 aromatic heterocycles. The third-order valence-electron chi connectivity index (χ3n) is 5.09. The Morgan fingerprint density at radius 3 is 2.29 bits per heavy atom. The van der Waals surface area contributed by atoms with Crippen LogP contribution in [-0.4, -0.2) is 36.7 Å². The topological polar surface area (TPSA) is 135 Å². The van der Waals surface area contributed by atoms with Crippen molar-refractivity contribution in [3.05, 3.63) is 81.0 Å². The van der Waals surface area contributed by atoms with E-state index in [2.05, 4.69) is 40.9 Å². The van der Waals surface area contributed by atoms with Crippen LogP contribution < -0.4 is 16.0 Å². The SMILES string of the molecule is CC(NC(=O)c1cc(Nc2ccc(C(F)(F)F)nc2)ncn1)c1ncc(C(=O)Nc2cc(C(F)(F)F)c(Cl)cn2)s1. The summed E-state index contributed by atoms with van der Waals surface area (Å²) < 4.78 is 77.3. The van der Waals surface area contributed by atoms with Crippen molar-refractivity contribution >= 4 is 52.1 Å². The highest BCUT2D eigenvalue weighted by Crippen LogP contribution is 2.35. The van der Waals surface area contributed by atoms with Crippen LogP contribution in [0.1, 0.15) is 49.4 Å². The number of alkyl halides is 6. The molecule has 1 unspecified atom stereocenters. The van der Waals surface area contributed by atoms with Gasteiger partial charge >= 0.3 is 12.4 Å². The summed E-state index contributed by atoms with van der Waals surface area (Å²) in [6.07, 6.45) is -5.36. The predicted molar refractivity (Wildman–Crippen MR) is 135 cm³/mol. The molecule has 4 aromatic rings. The molecule has 4 heterocycles. The van der Waals surface area contributed by atoms with Crippen molar-refractivity contribution < 1.29 is 35.9 Å². The van der Waals surface area contributed by atoms with Gasteiger partial charge in [-0.15, -0.1) is 11.3 Å². The summed E-state index contributed by atoms with van der Waals surface area (Å²) in [5, 5.41) is 7.27. The predicted octanol–water partition coefficient (Wildman–Crippen LogP) is 5.90. The van der Waals surface area contributed by atoms with Crippen LogP contribution in [0.5, 0.6) is 0 Å². The zero-order valence-electron chi connectivity index (χ0n) is 20.3. The van der Waals surface area contributed by atoms with Gasteiger partial charge in [-0.05, 0) is 25.1 Å². The Hall–Kier alpha value is -4.38. The number of hydrogen-bond donors (Lipinski definition) is 3. The summed E-state index contributed by atoms with van der Waals surface area (Å²) >= 11 is 6.42. The molecule has 214 valence electrons. The lowest BCUT2D eigenvalue weighted by atomic mass is 10.2. The molecule has 3 N–H and O–H groups in total. The van der Waals surface area contributed by atoms with Crippen molar-refractivity contribution in [1.82, 2.24) is 30.2 Å². The maximum absolute atomic E-state index is 13.1. The molecule has 0 spiro atoms. The van der Waals surface area contributed by atoms with E-state index in [1.165, 1.54) is 12.3 Å². The smallest absolute Gasteiger partial charge is 0.342 e. The average Bonchev–Trinajstić information content (AvgIpc) is 3.40. The number of pyridine rings is 2. The highest BCUT2D eigenvalue weighted by molar-refractivity contribution is 7.13. The molecule has 18 heteroatoms. The molecule has 0 aromatic carbocycles. The molecule has 0 radical (unpaired) electrons. The number of carbonyl (C=O) groups excluding carboxylic acids is 2. The largest absolute Gasteiger partial charge is 0.433 e. The van der Waals surface area contributed by atoms with Crippen LogP contribution in [0.2, 0.25) is 5.02 Å². The first kappa shape index (κ1) is 29.6. The summed E-state index contributed by atoms with van der Waals surface area (Å²) in [5.74, 6) is -1.69. The molecule has 10 nitrogen and oxygen atoms in total. The molecule has 41 heavy (non-hydrogen) atoms. The zero-order valence-corrected chi connectivity index (χ0v) is 21.9. The maximum atomic E-state index is 13.1. The molecule has 1 atom stereocenters. The Morgan fingerprint density at radius 2 is 1.63 bits per heavy atom. The van der Waals surface area contributed by atoms with Gasteiger partial charge in [0.1, 0.15) is 39.2 Å². The van der Waals surface area contributed by atoms with E-state index < -0.39 is 46.5 Å². The zero-order chi connectivity index (χ0) is 29.9. The molecule has 4 rings (SSSR count). The van der Waals surface area contributed by atoms with Crippen LogP contribution in [0.3, 0.4) is 0 Å². The van der Waals surface area contributed by atoms with Crippen LogP contribution in [0, 0.1) is 0 Å². The lowest BCUT2D eigenvalue weighted by molar-refractivity contribution is -0.141. The molecule has 2 amide bonds. The second-order valence-corrected chi connectivity index (χ2v) is 9.57. The lowest BCUT2D eigenvalue weighted by Crippen LogP contribution is -2.27. The van der Waals surface area contributed by atoms with E-state index in [1.807, 2.05) is 0 Å². The van der Waals surface area contributed by atoms with E-state index in [0.717, 1.165) is 42.2 Å². The Morgan fingerprint density at radius 1 is 0.878 bits per heavy atom. The Bertz CT molecular complexity index is 1580. The van der Waals surface area contributed by atoms with E-state index in [4.69, 9.17) is 11.6 Å². The van der Waals surface area contributed by atoms with Crippen LogP contribution in [0.4, 0.5) is 43.7 Å². The van der Waals surface area contributed by atoms with E-state index in [9.17, 15) is 35.9 Å². The van der Waals surface area contributed by atoms with E-state index in [0.29, 0.717) is 11.1 Å². The highest BCUT2D eigenvalue weighted by Gasteiger charge is 2.34. The van der Waals surface area contributed by atoms with Crippen LogP contribution in [0.15, 0.2) is 49.2 Å². The highest BCUT2D eigenvalue weighted by atomic mass is 35.5. The first-order valence-corrected chi connectivity index (χ1v) is 12.3. The molecular weight excluding hydrogens is 602 g/mol. The second kappa shape index (κ2) is 11.6. The van der Waals surface area contributed by atoms with Gasteiger partial charge in [-0.3, -0.25) is 9.59 Å². The van der Waals surface area contributed by atoms with E-state index in [-0.39, 0.29) is 27.9 Å². The molecule has 0 aliphatic rings. The normalized spacial score (nSPS) is 12.5. The number of aromatic nitrogens is 5. The summed E-state index contributed by atoms with van der Waals surface area (Å²) in [6.45, 7) is 1.57. The van der Waals surface area contributed by atoms with Crippen molar-refractivity contribution in [3.8, 4) is 0 Å². The fourth-order valence-electron chi connectivity index (χ4n) is 3.16. The van der Waals surface area contributed by atoms with Crippen molar-refractivity contribution in [2.75, 3.05) is 10.6 Å². The summed E-state index contributed by atoms with van der Waals surface area (Å²) in [5.41, 5.74) is -2.13. The van der Waals surface area contributed by atoms with Gasteiger partial charge < -0.3 is 16.0 Å². The van der Waals surface area contributed by atoms with E-state index in [1.54, 1.807) is 6.92 Å². The number of nitrogens with one attached hydrogen (secondary N) is 3. The standard InChI is InChI=1S/C23H15ClF6N8O2S/c1-10(21-33-8-15(41-21)20(40)38-17-4-12(22(25,26)27)13(24)7-32-17)36-19(39)14-5-18(35-9-34-14)37-11-2-3-16(31-6-11)23(28,29)30/h2-10H,1H3,(H,36,39)(H,32,38,40)(H,34,35,37). The van der Waals surface area contributed by atoms with Crippen molar-refractivity contribution in [3.63, 3.8) is 0 Å². The fraction of sp³-hybridized carbons (Fsp3) is 0.174. The number of halogens is 7. The fourth-order valence-corrected chi connectivity index (χ4v) is 4.19. The quantitative estimate of drug-likeness (QED) is 0.219. The van der Waals surface area contributed by atoms with Gasteiger partial charge in [-0.2, -0.15) is 26.3 Å². The number of nitrogens with zero attached hydrogens (tertiary/aromatic N) is 5. The van der Waals surface area contributed by atoms with Crippen molar-refractivity contribution in [2.45, 2.75) is 25.3 Å². The Labute approximate surface area is 235 Å². The van der Waals surface area contributed by atoms with Crippen LogP contribution >= 0.6 is 22.9 Å². The molecule has 0 fully saturated rings. The monoisotopic (exact) mass is 616 g/mol. The van der Waals surface area contributed by atoms with Crippen LogP contribution in [0.25, 0.3) is 0 Å². The number of hydrogen-bond acceptors (Lipinski definition) is 9. The van der Waals surface area contributed by atoms with E-state index >= 15 is 0 Å². The number of rotatable bonds is 7. The second-order valence-electron chi connectivity index (χ2n) is 8.10. The van der Waals surface area contributed by atoms with Crippen molar-refractivity contribution in [1.29, 1.82) is 0 Å². The summed E-state index contributed by atoms with van der Waals surface area (Å²) in [6, 6.07) is 3.07. The molecular formula is C23H15ClF6N8O2S. The summed E-state index contributed by atoms with van der Waals surface area (Å²) in [7, 11) is 0. The molecule has 0 saturated carbocycles. The Kier molecular flexibility index (Phi) is 8.39. The molecule has 0 aliphatic heterocycles. The first-order valence-electron chi connectivity index (χ1n) is 11.1. The number of anilines is 3. The van der Waals surface area contributed by atoms with Gasteiger partial charge in [-0.1, -0.05) is 11.6 Å². The van der Waals surface area contributed by atoms with Gasteiger partial charge in [-0.25, -0.2) is 24.9 Å². The third kappa shape index (κ3) is 7.43. The van der Waals surface area contributed by atoms with Gasteiger partial charge in [0.2, 0.25) is 0 Å². The average molecular weight is 617 g/mol.